The predicted octanol–water partition coefficient (Wildman–Crippen LogP) is 5.11. The van der Waals surface area contributed by atoms with Crippen LogP contribution in [-0.2, 0) is 32.6 Å². The maximum atomic E-state index is 14.0. The van der Waals surface area contributed by atoms with Gasteiger partial charge in [0.15, 0.2) is 0 Å². The molecule has 0 heterocycles. The molecule has 0 aliphatic heterocycles. The molecule has 0 spiro atoms. The molecule has 3 aromatic carbocycles. The minimum absolute atomic E-state index is 0.143. The molecule has 0 bridgehead atoms. The fraction of sp³-hybridized carbons (Fsp3) is 0.333. The van der Waals surface area contributed by atoms with Gasteiger partial charge in [-0.2, -0.15) is 0 Å². The van der Waals surface area contributed by atoms with E-state index in [1.165, 1.54) is 4.90 Å². The van der Waals surface area contributed by atoms with Crippen molar-refractivity contribution in [3.8, 4) is 0 Å². The van der Waals surface area contributed by atoms with Gasteiger partial charge < -0.3 is 10.2 Å². The van der Waals surface area contributed by atoms with Gasteiger partial charge >= 0.3 is 0 Å². The van der Waals surface area contributed by atoms with E-state index in [0.717, 1.165) is 31.7 Å². The second-order valence-electron chi connectivity index (χ2n) is 9.76. The summed E-state index contributed by atoms with van der Waals surface area (Å²) >= 11 is 3.43. The quantitative estimate of drug-likeness (QED) is 0.307. The van der Waals surface area contributed by atoms with Crippen LogP contribution in [0.3, 0.4) is 0 Å². The average Bonchev–Trinajstić information content (AvgIpc) is 2.90. The number of likely N-dealkylation sites (N-methyl/N-ethyl adjacent to an activating group) is 1. The second-order valence-corrected chi connectivity index (χ2v) is 12.6. The first kappa shape index (κ1) is 30.4. The second kappa shape index (κ2) is 13.8. The monoisotopic (exact) mass is 613 g/mol. The predicted molar refractivity (Wildman–Crippen MR) is 160 cm³/mol. The average molecular weight is 615 g/mol. The third-order valence-electron chi connectivity index (χ3n) is 6.42. The first-order chi connectivity index (χ1) is 18.5. The Kier molecular flexibility index (Phi) is 10.7. The standard InChI is InChI=1S/C30H36BrN3O4S/c1-5-32-30(36)28(19-23-9-7-6-8-10-23)33(20-24-11-15-26(31)16-12-24)29(35)21-34(39(4,37)38)27-17-13-25(14-18-27)22(2)3/h6-18,22,28H,5,19-21H2,1-4H3,(H,32,36)/t28-/m1/s1. The van der Waals surface area contributed by atoms with E-state index in [1.807, 2.05) is 73.7 Å². The molecule has 0 aliphatic rings. The summed E-state index contributed by atoms with van der Waals surface area (Å²) in [5, 5.41) is 2.86. The number of rotatable bonds is 12. The number of hydrogen-bond acceptors (Lipinski definition) is 4. The van der Waals surface area contributed by atoms with Crippen molar-refractivity contribution in [2.75, 3.05) is 23.7 Å². The van der Waals surface area contributed by atoms with Crippen molar-refractivity contribution in [2.45, 2.75) is 45.7 Å². The number of sulfonamides is 1. The van der Waals surface area contributed by atoms with Gasteiger partial charge in [0, 0.05) is 24.0 Å². The molecular formula is C30H36BrN3O4S. The minimum Gasteiger partial charge on any atom is -0.355 e. The van der Waals surface area contributed by atoms with Gasteiger partial charge in [-0.05, 0) is 53.8 Å². The highest BCUT2D eigenvalue weighted by Crippen LogP contribution is 2.23. The van der Waals surface area contributed by atoms with E-state index >= 15 is 0 Å². The minimum atomic E-state index is -3.79. The number of amides is 2. The Morgan fingerprint density at radius 3 is 2.05 bits per heavy atom. The SMILES string of the molecule is CCNC(=O)[C@@H](Cc1ccccc1)N(Cc1ccc(Br)cc1)C(=O)CN(c1ccc(C(C)C)cc1)S(C)(=O)=O. The van der Waals surface area contributed by atoms with Gasteiger partial charge in [0.25, 0.3) is 0 Å². The zero-order valence-electron chi connectivity index (χ0n) is 22.8. The number of benzene rings is 3. The summed E-state index contributed by atoms with van der Waals surface area (Å²) in [4.78, 5) is 28.8. The van der Waals surface area contributed by atoms with Crippen molar-refractivity contribution in [3.05, 3.63) is 100 Å². The molecule has 0 fully saturated rings. The van der Waals surface area contributed by atoms with E-state index in [2.05, 4.69) is 35.1 Å². The molecule has 9 heteroatoms. The van der Waals surface area contributed by atoms with Crippen LogP contribution in [0.2, 0.25) is 0 Å². The lowest BCUT2D eigenvalue weighted by molar-refractivity contribution is -0.140. The van der Waals surface area contributed by atoms with Crippen LogP contribution in [0, 0.1) is 0 Å². The van der Waals surface area contributed by atoms with E-state index < -0.39 is 28.5 Å². The lowest BCUT2D eigenvalue weighted by atomic mass is 10.0. The zero-order chi connectivity index (χ0) is 28.6. The van der Waals surface area contributed by atoms with E-state index in [9.17, 15) is 18.0 Å². The fourth-order valence-electron chi connectivity index (χ4n) is 4.27. The molecule has 208 valence electrons. The Hall–Kier alpha value is -3.17. The Labute approximate surface area is 240 Å². The summed E-state index contributed by atoms with van der Waals surface area (Å²) in [6.45, 7) is 6.06. The molecule has 0 aliphatic carbocycles. The number of hydrogen-bond donors (Lipinski definition) is 1. The van der Waals surface area contributed by atoms with Crippen LogP contribution >= 0.6 is 15.9 Å². The molecule has 3 rings (SSSR count). The molecule has 3 aromatic rings. The van der Waals surface area contributed by atoms with Crippen molar-refractivity contribution >= 4 is 43.5 Å². The van der Waals surface area contributed by atoms with Crippen molar-refractivity contribution in [1.82, 2.24) is 10.2 Å². The first-order valence-corrected chi connectivity index (χ1v) is 15.6. The topological polar surface area (TPSA) is 86.8 Å². The molecule has 0 saturated heterocycles. The van der Waals surface area contributed by atoms with E-state index in [0.29, 0.717) is 12.2 Å². The van der Waals surface area contributed by atoms with Crippen LogP contribution in [0.1, 0.15) is 43.4 Å². The summed E-state index contributed by atoms with van der Waals surface area (Å²) in [6, 6.07) is 23.3. The summed E-state index contributed by atoms with van der Waals surface area (Å²) in [7, 11) is -3.79. The van der Waals surface area contributed by atoms with Crippen LogP contribution in [0.4, 0.5) is 5.69 Å². The number of nitrogens with zero attached hydrogens (tertiary/aromatic N) is 2. The van der Waals surface area contributed by atoms with Gasteiger partial charge in [-0.25, -0.2) is 8.42 Å². The summed E-state index contributed by atoms with van der Waals surface area (Å²) in [5.74, 6) is -0.480. The largest absolute Gasteiger partial charge is 0.355 e. The van der Waals surface area contributed by atoms with Crippen LogP contribution in [0.5, 0.6) is 0 Å². The maximum Gasteiger partial charge on any atom is 0.244 e. The van der Waals surface area contributed by atoms with Crippen LogP contribution in [0.25, 0.3) is 0 Å². The molecule has 2 amide bonds. The Morgan fingerprint density at radius 2 is 1.51 bits per heavy atom. The smallest absolute Gasteiger partial charge is 0.244 e. The number of carbonyl (C=O) groups excluding carboxylic acids is 2. The van der Waals surface area contributed by atoms with Gasteiger partial charge in [-0.3, -0.25) is 13.9 Å². The van der Waals surface area contributed by atoms with Gasteiger partial charge in [-0.15, -0.1) is 0 Å². The molecule has 1 atom stereocenters. The molecule has 0 aromatic heterocycles. The summed E-state index contributed by atoms with van der Waals surface area (Å²) in [5.41, 5.74) is 3.18. The lowest BCUT2D eigenvalue weighted by Crippen LogP contribution is -2.53. The number of carbonyl (C=O) groups is 2. The van der Waals surface area contributed by atoms with Crippen molar-refractivity contribution in [2.24, 2.45) is 0 Å². The Balaban J connectivity index is 2.02. The summed E-state index contributed by atoms with van der Waals surface area (Å²) in [6.07, 6.45) is 1.37. The van der Waals surface area contributed by atoms with E-state index in [4.69, 9.17) is 0 Å². The normalized spacial score (nSPS) is 12.2. The molecule has 39 heavy (non-hydrogen) atoms. The Bertz CT molecular complexity index is 1350. The molecule has 7 nitrogen and oxygen atoms in total. The lowest BCUT2D eigenvalue weighted by Gasteiger charge is -2.33. The van der Waals surface area contributed by atoms with Crippen molar-refractivity contribution in [1.29, 1.82) is 0 Å². The van der Waals surface area contributed by atoms with Crippen LogP contribution < -0.4 is 9.62 Å². The highest BCUT2D eigenvalue weighted by atomic mass is 79.9. The zero-order valence-corrected chi connectivity index (χ0v) is 25.2. The van der Waals surface area contributed by atoms with Gasteiger partial charge in [0.1, 0.15) is 12.6 Å². The molecule has 1 N–H and O–H groups in total. The maximum absolute atomic E-state index is 14.0. The molecule has 0 radical (unpaired) electrons. The van der Waals surface area contributed by atoms with Crippen molar-refractivity contribution < 1.29 is 18.0 Å². The molecule has 0 unspecified atom stereocenters. The van der Waals surface area contributed by atoms with Gasteiger partial charge in [0.05, 0.1) is 11.9 Å². The van der Waals surface area contributed by atoms with Gasteiger partial charge in [-0.1, -0.05) is 84.4 Å². The Morgan fingerprint density at radius 1 is 0.897 bits per heavy atom. The van der Waals surface area contributed by atoms with Crippen LogP contribution in [0.15, 0.2) is 83.3 Å². The number of halogens is 1. The fourth-order valence-corrected chi connectivity index (χ4v) is 5.39. The van der Waals surface area contributed by atoms with E-state index in [1.54, 1.807) is 12.1 Å². The molecule has 0 saturated carbocycles. The van der Waals surface area contributed by atoms with Crippen LogP contribution in [-0.4, -0.2) is 50.5 Å². The molecular weight excluding hydrogens is 578 g/mol. The summed E-state index contributed by atoms with van der Waals surface area (Å²) < 4.78 is 27.7. The third-order valence-corrected chi connectivity index (χ3v) is 8.08. The third kappa shape index (κ3) is 8.66. The highest BCUT2D eigenvalue weighted by Gasteiger charge is 2.32. The van der Waals surface area contributed by atoms with E-state index in [-0.39, 0.29) is 24.8 Å². The van der Waals surface area contributed by atoms with Crippen molar-refractivity contribution in [3.63, 3.8) is 0 Å². The number of anilines is 1. The van der Waals surface area contributed by atoms with Gasteiger partial charge in [0.2, 0.25) is 21.8 Å². The first-order valence-electron chi connectivity index (χ1n) is 12.9. The highest BCUT2D eigenvalue weighted by molar-refractivity contribution is 9.10. The number of nitrogens with one attached hydrogen (secondary N) is 1.